The standard InChI is InChI=1S/C15H16BrNO3/c1-10(12-6-7-15(16)20-12)17-8-11-9-18-13-4-2-3-5-14(13)19-11/h2-7,10-11,17H,8-9H2,1H3. The van der Waals surface area contributed by atoms with Gasteiger partial charge in [-0.05, 0) is 47.1 Å². The Bertz CT molecular complexity index is 584. The second kappa shape index (κ2) is 5.89. The summed E-state index contributed by atoms with van der Waals surface area (Å²) in [5, 5.41) is 3.39. The van der Waals surface area contributed by atoms with E-state index < -0.39 is 0 Å². The minimum Gasteiger partial charge on any atom is -0.486 e. The SMILES string of the molecule is CC(NCC1COc2ccccc2O1)c1ccc(Br)o1. The van der Waals surface area contributed by atoms with Crippen LogP contribution in [0.3, 0.4) is 0 Å². The Morgan fingerprint density at radius 3 is 2.80 bits per heavy atom. The minimum absolute atomic E-state index is 0.00533. The molecule has 0 radical (unpaired) electrons. The Morgan fingerprint density at radius 1 is 1.25 bits per heavy atom. The van der Waals surface area contributed by atoms with Gasteiger partial charge in [0.15, 0.2) is 16.2 Å². The molecule has 4 nitrogen and oxygen atoms in total. The molecule has 0 spiro atoms. The second-order valence-corrected chi connectivity index (χ2v) is 5.55. The molecular formula is C15H16BrNO3. The van der Waals surface area contributed by atoms with Gasteiger partial charge in [-0.15, -0.1) is 0 Å². The molecule has 1 N–H and O–H groups in total. The number of hydrogen-bond acceptors (Lipinski definition) is 4. The molecule has 0 saturated heterocycles. The first-order chi connectivity index (χ1) is 9.72. The molecule has 1 aliphatic heterocycles. The molecule has 2 unspecified atom stereocenters. The lowest BCUT2D eigenvalue weighted by atomic mass is 10.2. The van der Waals surface area contributed by atoms with E-state index in [4.69, 9.17) is 13.9 Å². The van der Waals surface area contributed by atoms with E-state index in [0.29, 0.717) is 13.2 Å². The molecule has 1 aromatic heterocycles. The van der Waals surface area contributed by atoms with Gasteiger partial charge in [0.05, 0.1) is 6.04 Å². The van der Waals surface area contributed by atoms with Crippen molar-refractivity contribution in [1.29, 1.82) is 0 Å². The van der Waals surface area contributed by atoms with Crippen LogP contribution in [0.4, 0.5) is 0 Å². The van der Waals surface area contributed by atoms with Gasteiger partial charge in [0.25, 0.3) is 0 Å². The monoisotopic (exact) mass is 337 g/mol. The number of rotatable bonds is 4. The highest BCUT2D eigenvalue weighted by Crippen LogP contribution is 2.30. The van der Waals surface area contributed by atoms with E-state index in [2.05, 4.69) is 28.2 Å². The quantitative estimate of drug-likeness (QED) is 0.926. The average molecular weight is 338 g/mol. The van der Waals surface area contributed by atoms with Crippen molar-refractivity contribution in [2.75, 3.05) is 13.2 Å². The first kappa shape index (κ1) is 13.5. The van der Waals surface area contributed by atoms with Gasteiger partial charge in [0.2, 0.25) is 0 Å². The van der Waals surface area contributed by atoms with Crippen LogP contribution in [0.1, 0.15) is 18.7 Å². The van der Waals surface area contributed by atoms with Crippen LogP contribution in [0.25, 0.3) is 0 Å². The van der Waals surface area contributed by atoms with E-state index in [0.717, 1.165) is 21.9 Å². The Kier molecular flexibility index (Phi) is 3.98. The van der Waals surface area contributed by atoms with Gasteiger partial charge in [0, 0.05) is 6.54 Å². The van der Waals surface area contributed by atoms with E-state index in [9.17, 15) is 0 Å². The fourth-order valence-electron chi connectivity index (χ4n) is 2.13. The minimum atomic E-state index is 0.00533. The largest absolute Gasteiger partial charge is 0.486 e. The number of para-hydroxylation sites is 2. The lowest BCUT2D eigenvalue weighted by molar-refractivity contribution is 0.0880. The topological polar surface area (TPSA) is 43.6 Å². The Morgan fingerprint density at radius 2 is 2.05 bits per heavy atom. The van der Waals surface area contributed by atoms with Crippen molar-refractivity contribution in [2.24, 2.45) is 0 Å². The summed E-state index contributed by atoms with van der Waals surface area (Å²) < 4.78 is 17.8. The molecule has 0 fully saturated rings. The van der Waals surface area contributed by atoms with Crippen molar-refractivity contribution in [3.05, 3.63) is 46.8 Å². The Balaban J connectivity index is 1.55. The number of benzene rings is 1. The molecule has 1 aromatic carbocycles. The lowest BCUT2D eigenvalue weighted by Gasteiger charge is -2.27. The van der Waals surface area contributed by atoms with Crippen LogP contribution in [0.5, 0.6) is 11.5 Å². The number of hydrogen-bond donors (Lipinski definition) is 1. The van der Waals surface area contributed by atoms with Gasteiger partial charge < -0.3 is 19.2 Å². The molecule has 0 bridgehead atoms. The number of nitrogens with one attached hydrogen (secondary N) is 1. The molecule has 2 heterocycles. The fraction of sp³-hybridized carbons (Fsp3) is 0.333. The van der Waals surface area contributed by atoms with Crippen LogP contribution in [0, 0.1) is 0 Å². The van der Waals surface area contributed by atoms with Gasteiger partial charge >= 0.3 is 0 Å². The van der Waals surface area contributed by atoms with Crippen LogP contribution in [-0.4, -0.2) is 19.3 Å². The maximum Gasteiger partial charge on any atom is 0.169 e. The maximum absolute atomic E-state index is 5.90. The fourth-order valence-corrected chi connectivity index (χ4v) is 2.45. The molecule has 0 amide bonds. The predicted molar refractivity (Wildman–Crippen MR) is 79.2 cm³/mol. The molecule has 1 aliphatic rings. The van der Waals surface area contributed by atoms with Crippen LogP contribution in [0.15, 0.2) is 45.5 Å². The zero-order valence-corrected chi connectivity index (χ0v) is 12.7. The first-order valence-electron chi connectivity index (χ1n) is 6.59. The third-order valence-electron chi connectivity index (χ3n) is 3.24. The highest BCUT2D eigenvalue weighted by Gasteiger charge is 2.21. The molecule has 106 valence electrons. The molecule has 2 atom stereocenters. The zero-order valence-electron chi connectivity index (χ0n) is 11.1. The molecule has 0 saturated carbocycles. The Labute approximate surface area is 126 Å². The summed E-state index contributed by atoms with van der Waals surface area (Å²) in [4.78, 5) is 0. The van der Waals surface area contributed by atoms with Crippen molar-refractivity contribution < 1.29 is 13.9 Å². The van der Waals surface area contributed by atoms with Crippen molar-refractivity contribution in [1.82, 2.24) is 5.32 Å². The van der Waals surface area contributed by atoms with Gasteiger partial charge in [-0.1, -0.05) is 12.1 Å². The van der Waals surface area contributed by atoms with Gasteiger partial charge in [-0.2, -0.15) is 0 Å². The lowest BCUT2D eigenvalue weighted by Crippen LogP contribution is -2.39. The summed E-state index contributed by atoms with van der Waals surface area (Å²) in [7, 11) is 0. The molecular weight excluding hydrogens is 322 g/mol. The molecule has 0 aliphatic carbocycles. The van der Waals surface area contributed by atoms with Crippen molar-refractivity contribution >= 4 is 15.9 Å². The van der Waals surface area contributed by atoms with Crippen molar-refractivity contribution in [2.45, 2.75) is 19.1 Å². The van der Waals surface area contributed by atoms with Gasteiger partial charge in [-0.25, -0.2) is 0 Å². The van der Waals surface area contributed by atoms with Crippen LogP contribution in [0.2, 0.25) is 0 Å². The summed E-state index contributed by atoms with van der Waals surface area (Å²) >= 11 is 3.31. The van der Waals surface area contributed by atoms with E-state index >= 15 is 0 Å². The zero-order chi connectivity index (χ0) is 13.9. The normalized spacial score (nSPS) is 18.8. The molecule has 2 aromatic rings. The Hall–Kier alpha value is -1.46. The summed E-state index contributed by atoms with van der Waals surface area (Å²) in [5.74, 6) is 2.51. The average Bonchev–Trinajstić information content (AvgIpc) is 2.91. The van der Waals surface area contributed by atoms with E-state index in [1.807, 2.05) is 36.4 Å². The third-order valence-corrected chi connectivity index (χ3v) is 3.67. The number of ether oxygens (including phenoxy) is 2. The molecule has 20 heavy (non-hydrogen) atoms. The van der Waals surface area contributed by atoms with Gasteiger partial charge in [-0.3, -0.25) is 0 Å². The second-order valence-electron chi connectivity index (χ2n) is 4.77. The molecule has 5 heteroatoms. The number of furan rings is 1. The van der Waals surface area contributed by atoms with Crippen molar-refractivity contribution in [3.63, 3.8) is 0 Å². The van der Waals surface area contributed by atoms with Gasteiger partial charge in [0.1, 0.15) is 18.5 Å². The van der Waals surface area contributed by atoms with Crippen LogP contribution in [-0.2, 0) is 0 Å². The highest BCUT2D eigenvalue weighted by molar-refractivity contribution is 9.10. The smallest absolute Gasteiger partial charge is 0.169 e. The maximum atomic E-state index is 5.90. The van der Waals surface area contributed by atoms with Crippen molar-refractivity contribution in [3.8, 4) is 11.5 Å². The molecule has 3 rings (SSSR count). The summed E-state index contributed by atoms with van der Waals surface area (Å²) in [6.45, 7) is 3.31. The summed E-state index contributed by atoms with van der Waals surface area (Å²) in [5.41, 5.74) is 0. The summed E-state index contributed by atoms with van der Waals surface area (Å²) in [6.07, 6.45) is 0.00533. The highest BCUT2D eigenvalue weighted by atomic mass is 79.9. The number of halogens is 1. The van der Waals surface area contributed by atoms with E-state index in [1.54, 1.807) is 0 Å². The first-order valence-corrected chi connectivity index (χ1v) is 7.39. The predicted octanol–water partition coefficient (Wildman–Crippen LogP) is 3.53. The van der Waals surface area contributed by atoms with E-state index in [-0.39, 0.29) is 12.1 Å². The number of fused-ring (bicyclic) bond motifs is 1. The summed E-state index contributed by atoms with van der Waals surface area (Å²) in [6, 6.07) is 11.7. The third kappa shape index (κ3) is 2.99. The van der Waals surface area contributed by atoms with E-state index in [1.165, 1.54) is 0 Å². The van der Waals surface area contributed by atoms with Crippen LogP contribution >= 0.6 is 15.9 Å². The van der Waals surface area contributed by atoms with Crippen LogP contribution < -0.4 is 14.8 Å².